The van der Waals surface area contributed by atoms with Gasteiger partial charge in [-0.15, -0.1) is 0 Å². The molecule has 1 aromatic rings. The minimum atomic E-state index is -4.41. The monoisotopic (exact) mass is 401 g/mol. The molecule has 0 aliphatic carbocycles. The van der Waals surface area contributed by atoms with E-state index in [1.807, 2.05) is 11.8 Å². The Balaban J connectivity index is 1.81. The van der Waals surface area contributed by atoms with Crippen LogP contribution in [0.15, 0.2) is 23.3 Å². The lowest BCUT2D eigenvalue weighted by molar-refractivity contribution is -0.154. The standard InChI is InChI=1S/C18H26F3N5O2/c1-2-22-17(24-7-4-10-26-9-3-5-16(26)27)25-12-14-6-8-23-15(11-14)28-13-18(19,20)21/h6,8,11H,2-5,7,9-10,12-13H2,1H3,(H2,22,24,25). The highest BCUT2D eigenvalue weighted by molar-refractivity contribution is 5.79. The Morgan fingerprint density at radius 1 is 1.39 bits per heavy atom. The van der Waals surface area contributed by atoms with Gasteiger partial charge in [0.2, 0.25) is 11.8 Å². The highest BCUT2D eigenvalue weighted by atomic mass is 19.4. The van der Waals surface area contributed by atoms with Crippen LogP contribution in [0.5, 0.6) is 5.88 Å². The second-order valence-electron chi connectivity index (χ2n) is 6.37. The molecular formula is C18H26F3N5O2. The molecule has 0 atom stereocenters. The number of nitrogens with zero attached hydrogens (tertiary/aromatic N) is 3. The largest absolute Gasteiger partial charge is 0.468 e. The third kappa shape index (κ3) is 8.01. The third-order valence-corrected chi connectivity index (χ3v) is 4.02. The van der Waals surface area contributed by atoms with Crippen LogP contribution >= 0.6 is 0 Å². The van der Waals surface area contributed by atoms with Gasteiger partial charge in [-0.2, -0.15) is 13.2 Å². The van der Waals surface area contributed by atoms with Crippen LogP contribution in [0.3, 0.4) is 0 Å². The van der Waals surface area contributed by atoms with Gasteiger partial charge in [0.1, 0.15) is 0 Å². The highest BCUT2D eigenvalue weighted by Crippen LogP contribution is 2.17. The van der Waals surface area contributed by atoms with Crippen molar-refractivity contribution in [1.82, 2.24) is 20.5 Å². The smallest absolute Gasteiger partial charge is 0.422 e. The van der Waals surface area contributed by atoms with Crippen molar-refractivity contribution in [2.75, 3.05) is 32.8 Å². The molecule has 7 nitrogen and oxygen atoms in total. The maximum Gasteiger partial charge on any atom is 0.422 e. The number of rotatable bonds is 9. The predicted molar refractivity (Wildman–Crippen MR) is 99.0 cm³/mol. The molecule has 1 aliphatic heterocycles. The van der Waals surface area contributed by atoms with Crippen LogP contribution in [-0.2, 0) is 11.3 Å². The molecule has 2 rings (SSSR count). The fourth-order valence-electron chi connectivity index (χ4n) is 2.71. The minimum absolute atomic E-state index is 0.0849. The molecular weight excluding hydrogens is 375 g/mol. The first-order valence-corrected chi connectivity index (χ1v) is 9.32. The zero-order valence-electron chi connectivity index (χ0n) is 15.9. The number of aromatic nitrogens is 1. The van der Waals surface area contributed by atoms with Crippen molar-refractivity contribution in [3.8, 4) is 5.88 Å². The summed E-state index contributed by atoms with van der Waals surface area (Å²) in [6, 6.07) is 3.12. The molecule has 28 heavy (non-hydrogen) atoms. The summed E-state index contributed by atoms with van der Waals surface area (Å²) in [7, 11) is 0. The number of pyridine rings is 1. The molecule has 0 bridgehead atoms. The van der Waals surface area contributed by atoms with Crippen molar-refractivity contribution < 1.29 is 22.7 Å². The highest BCUT2D eigenvalue weighted by Gasteiger charge is 2.28. The Morgan fingerprint density at radius 3 is 2.89 bits per heavy atom. The van der Waals surface area contributed by atoms with Crippen LogP contribution in [-0.4, -0.2) is 60.7 Å². The molecule has 1 aromatic heterocycles. The Kier molecular flexibility index (Phi) is 8.34. The number of alkyl halides is 3. The molecule has 0 radical (unpaired) electrons. The summed E-state index contributed by atoms with van der Waals surface area (Å²) in [5, 5.41) is 6.31. The molecule has 0 aromatic carbocycles. The van der Waals surface area contributed by atoms with Crippen LogP contribution in [0.2, 0.25) is 0 Å². The van der Waals surface area contributed by atoms with E-state index in [2.05, 4.69) is 25.3 Å². The summed E-state index contributed by atoms with van der Waals surface area (Å²) in [4.78, 5) is 21.7. The van der Waals surface area contributed by atoms with E-state index in [0.29, 0.717) is 31.0 Å². The van der Waals surface area contributed by atoms with E-state index in [4.69, 9.17) is 0 Å². The van der Waals surface area contributed by atoms with Crippen molar-refractivity contribution in [3.05, 3.63) is 23.9 Å². The van der Waals surface area contributed by atoms with Gasteiger partial charge in [-0.05, 0) is 31.4 Å². The van der Waals surface area contributed by atoms with Crippen LogP contribution in [0.25, 0.3) is 0 Å². The van der Waals surface area contributed by atoms with Crippen molar-refractivity contribution in [2.45, 2.75) is 38.9 Å². The van der Waals surface area contributed by atoms with E-state index >= 15 is 0 Å². The maximum absolute atomic E-state index is 12.2. The number of ether oxygens (including phenoxy) is 1. The van der Waals surface area contributed by atoms with Gasteiger partial charge in [-0.3, -0.25) is 4.79 Å². The second kappa shape index (κ2) is 10.7. The molecule has 0 unspecified atom stereocenters. The first kappa shape index (κ1) is 21.8. The van der Waals surface area contributed by atoms with E-state index in [0.717, 1.165) is 25.9 Å². The molecule has 2 heterocycles. The zero-order chi connectivity index (χ0) is 20.4. The number of likely N-dealkylation sites (tertiary alicyclic amines) is 1. The third-order valence-electron chi connectivity index (χ3n) is 4.02. The minimum Gasteiger partial charge on any atom is -0.468 e. The first-order chi connectivity index (χ1) is 13.4. The summed E-state index contributed by atoms with van der Waals surface area (Å²) in [6.45, 7) is 3.71. The Hall–Kier alpha value is -2.52. The number of guanidine groups is 1. The van der Waals surface area contributed by atoms with E-state index in [-0.39, 0.29) is 18.3 Å². The van der Waals surface area contributed by atoms with Gasteiger partial charge < -0.3 is 20.3 Å². The van der Waals surface area contributed by atoms with Crippen LogP contribution in [0, 0.1) is 0 Å². The lowest BCUT2D eigenvalue weighted by atomic mass is 10.3. The van der Waals surface area contributed by atoms with E-state index in [1.54, 1.807) is 6.07 Å². The Labute approximate surface area is 162 Å². The molecule has 1 fully saturated rings. The normalized spacial score (nSPS) is 15.1. The van der Waals surface area contributed by atoms with Crippen molar-refractivity contribution in [3.63, 3.8) is 0 Å². The fourth-order valence-corrected chi connectivity index (χ4v) is 2.71. The number of amides is 1. The summed E-state index contributed by atoms with van der Waals surface area (Å²) in [5.41, 5.74) is 0.687. The van der Waals surface area contributed by atoms with Gasteiger partial charge in [0.05, 0.1) is 6.54 Å². The van der Waals surface area contributed by atoms with Crippen LogP contribution in [0.1, 0.15) is 31.7 Å². The molecule has 1 amide bonds. The summed E-state index contributed by atoms with van der Waals surface area (Å²) >= 11 is 0. The summed E-state index contributed by atoms with van der Waals surface area (Å²) < 4.78 is 41.4. The number of hydrogen-bond donors (Lipinski definition) is 2. The number of halogens is 3. The summed E-state index contributed by atoms with van der Waals surface area (Å²) in [5.74, 6) is 0.727. The van der Waals surface area contributed by atoms with Crippen LogP contribution < -0.4 is 15.4 Å². The zero-order valence-corrected chi connectivity index (χ0v) is 15.9. The SMILES string of the molecule is CCNC(=NCc1ccnc(OCC(F)(F)F)c1)NCCCN1CCCC1=O. The van der Waals surface area contributed by atoms with Gasteiger partial charge in [-0.25, -0.2) is 9.98 Å². The maximum atomic E-state index is 12.2. The average Bonchev–Trinajstić information content (AvgIpc) is 3.06. The first-order valence-electron chi connectivity index (χ1n) is 9.32. The molecule has 0 saturated carbocycles. The Bertz CT molecular complexity index is 667. The molecule has 156 valence electrons. The van der Waals surface area contributed by atoms with Gasteiger partial charge in [0.25, 0.3) is 0 Å². The molecule has 0 spiro atoms. The van der Waals surface area contributed by atoms with Gasteiger partial charge in [-0.1, -0.05) is 0 Å². The number of carbonyl (C=O) groups is 1. The van der Waals surface area contributed by atoms with Gasteiger partial charge in [0, 0.05) is 44.9 Å². The summed E-state index contributed by atoms with van der Waals surface area (Å²) in [6.07, 6.45) is -0.641. The average molecular weight is 401 g/mol. The van der Waals surface area contributed by atoms with Crippen molar-refractivity contribution >= 4 is 11.9 Å². The predicted octanol–water partition coefficient (Wildman–Crippen LogP) is 2.09. The van der Waals surface area contributed by atoms with Gasteiger partial charge in [0.15, 0.2) is 12.6 Å². The van der Waals surface area contributed by atoms with Crippen molar-refractivity contribution in [1.29, 1.82) is 0 Å². The number of nitrogens with one attached hydrogen (secondary N) is 2. The van der Waals surface area contributed by atoms with Crippen molar-refractivity contribution in [2.24, 2.45) is 4.99 Å². The van der Waals surface area contributed by atoms with E-state index in [1.165, 1.54) is 12.3 Å². The lowest BCUT2D eigenvalue weighted by Crippen LogP contribution is -2.39. The van der Waals surface area contributed by atoms with Crippen LogP contribution in [0.4, 0.5) is 13.2 Å². The topological polar surface area (TPSA) is 78.9 Å². The fraction of sp³-hybridized carbons (Fsp3) is 0.611. The lowest BCUT2D eigenvalue weighted by Gasteiger charge is -2.16. The molecule has 1 aliphatic rings. The Morgan fingerprint density at radius 2 is 2.21 bits per heavy atom. The van der Waals surface area contributed by atoms with Gasteiger partial charge >= 0.3 is 6.18 Å². The second-order valence-corrected chi connectivity index (χ2v) is 6.37. The van der Waals surface area contributed by atoms with E-state index in [9.17, 15) is 18.0 Å². The number of aliphatic imine (C=N–C) groups is 1. The number of hydrogen-bond acceptors (Lipinski definition) is 4. The molecule has 2 N–H and O–H groups in total. The quantitative estimate of drug-likeness (QED) is 0.376. The molecule has 10 heteroatoms. The van der Waals surface area contributed by atoms with E-state index < -0.39 is 12.8 Å². The number of carbonyl (C=O) groups excluding carboxylic acids is 1. The molecule has 1 saturated heterocycles.